The Labute approximate surface area is 75.9 Å². The second-order valence-corrected chi connectivity index (χ2v) is 2.00. The number of aliphatic hydroxyl groups is 1. The molecule has 0 saturated carbocycles. The smallest absolute Gasteiger partial charge is 0.0402 e. The highest BCUT2D eigenvalue weighted by molar-refractivity contribution is 4.40. The molecule has 4 nitrogen and oxygen atoms in total. The Bertz CT molecular complexity index is 59.0. The zero-order valence-electron chi connectivity index (χ0n) is 8.72. The second kappa shape index (κ2) is 17.1. The maximum absolute atomic E-state index is 7.57. The van der Waals surface area contributed by atoms with Crippen LogP contribution in [0.25, 0.3) is 0 Å². The van der Waals surface area contributed by atoms with Gasteiger partial charge in [0.2, 0.25) is 0 Å². The highest BCUT2D eigenvalue weighted by Gasteiger charge is 1.91. The predicted octanol–water partition coefficient (Wildman–Crippen LogP) is 0.0266. The molecular weight excluding hydrogens is 156 g/mol. The highest BCUT2D eigenvalue weighted by Crippen LogP contribution is 1.76. The second-order valence-electron chi connectivity index (χ2n) is 2.00. The molecule has 0 heterocycles. The Balaban J connectivity index is -0.000000177. The summed E-state index contributed by atoms with van der Waals surface area (Å²) in [5, 5.41) is 9.75. The van der Waals surface area contributed by atoms with E-state index in [9.17, 15) is 0 Å². The van der Waals surface area contributed by atoms with Crippen molar-refractivity contribution >= 4 is 0 Å². The van der Waals surface area contributed by atoms with Crippen LogP contribution in [0.5, 0.6) is 0 Å². The van der Waals surface area contributed by atoms with Crippen molar-refractivity contribution in [3.8, 4) is 0 Å². The fraction of sp³-hybridized carbons (Fsp3) is 1.00. The molecule has 0 bridgehead atoms. The normalized spacial score (nSPS) is 8.50. The van der Waals surface area contributed by atoms with Crippen molar-refractivity contribution in [1.29, 1.82) is 0 Å². The molecule has 0 aromatic heterocycles. The molecule has 0 rings (SSSR count). The van der Waals surface area contributed by atoms with Gasteiger partial charge in [0.25, 0.3) is 0 Å². The lowest BCUT2D eigenvalue weighted by molar-refractivity contribution is 0.215. The van der Waals surface area contributed by atoms with E-state index in [-0.39, 0.29) is 12.1 Å². The molecule has 78 valence electrons. The van der Waals surface area contributed by atoms with Crippen LogP contribution in [0.3, 0.4) is 0 Å². The number of hydrazine groups is 1. The third kappa shape index (κ3) is 16.4. The van der Waals surface area contributed by atoms with Gasteiger partial charge in [-0.25, -0.2) is 5.01 Å². The number of nitrogens with zero attached hydrogens (tertiary/aromatic N) is 1. The molecule has 12 heavy (non-hydrogen) atoms. The van der Waals surface area contributed by atoms with Gasteiger partial charge in [-0.2, -0.15) is 0 Å². The summed E-state index contributed by atoms with van der Waals surface area (Å²) in [6, 6.07) is 0. The van der Waals surface area contributed by atoms with Crippen LogP contribution in [0.1, 0.15) is 27.7 Å². The number of hydrogen-bond acceptors (Lipinski definition) is 3. The molecular formula is C8H24N2O2. The maximum atomic E-state index is 7.57. The average Bonchev–Trinajstić information content (AvgIpc) is 2.02. The van der Waals surface area contributed by atoms with E-state index in [1.807, 2.05) is 0 Å². The first kappa shape index (κ1) is 17.8. The molecule has 0 atom stereocenters. The van der Waals surface area contributed by atoms with E-state index in [1.54, 1.807) is 6.92 Å². The summed E-state index contributed by atoms with van der Waals surface area (Å²) >= 11 is 0. The molecule has 0 aliphatic heterocycles. The minimum atomic E-state index is 0. The molecule has 4 heteroatoms. The van der Waals surface area contributed by atoms with Crippen LogP contribution in [0.2, 0.25) is 0 Å². The van der Waals surface area contributed by atoms with Gasteiger partial charge in [-0.1, -0.05) is 20.8 Å². The lowest BCUT2D eigenvalue weighted by Gasteiger charge is -2.17. The van der Waals surface area contributed by atoms with Crippen LogP contribution in [-0.4, -0.2) is 41.8 Å². The van der Waals surface area contributed by atoms with E-state index in [4.69, 9.17) is 5.11 Å². The molecule has 0 aromatic carbocycles. The van der Waals surface area contributed by atoms with Gasteiger partial charge in [0.1, 0.15) is 0 Å². The summed E-state index contributed by atoms with van der Waals surface area (Å²) in [5.41, 5.74) is 3.22. The third-order valence-corrected chi connectivity index (χ3v) is 1.15. The first-order valence-electron chi connectivity index (χ1n) is 4.35. The molecule has 0 aliphatic carbocycles. The molecule has 0 fully saturated rings. The highest BCUT2D eigenvalue weighted by atomic mass is 16.2. The Kier molecular flexibility index (Phi) is 25.3. The van der Waals surface area contributed by atoms with Crippen molar-refractivity contribution in [3.05, 3.63) is 0 Å². The van der Waals surface area contributed by atoms with E-state index in [2.05, 4.69) is 31.2 Å². The number of nitrogens with one attached hydrogen (secondary N) is 1. The van der Waals surface area contributed by atoms with Gasteiger partial charge in [-0.3, -0.25) is 5.43 Å². The van der Waals surface area contributed by atoms with E-state index >= 15 is 0 Å². The summed E-state index contributed by atoms with van der Waals surface area (Å²) in [5.74, 6) is 0. The van der Waals surface area contributed by atoms with Crippen molar-refractivity contribution in [2.45, 2.75) is 27.7 Å². The lowest BCUT2D eigenvalue weighted by Crippen LogP contribution is -2.37. The third-order valence-electron chi connectivity index (χ3n) is 1.15. The topological polar surface area (TPSA) is 67.0 Å². The molecule has 4 N–H and O–H groups in total. The van der Waals surface area contributed by atoms with Crippen molar-refractivity contribution in [2.75, 3.05) is 26.2 Å². The average molecular weight is 180 g/mol. The Morgan fingerprint density at radius 1 is 1.08 bits per heavy atom. The summed E-state index contributed by atoms with van der Waals surface area (Å²) in [6.07, 6.45) is 0. The minimum Gasteiger partial charge on any atom is -0.412 e. The summed E-state index contributed by atoms with van der Waals surface area (Å²) in [7, 11) is 0. The van der Waals surface area contributed by atoms with E-state index in [1.165, 1.54) is 0 Å². The van der Waals surface area contributed by atoms with Crippen molar-refractivity contribution in [2.24, 2.45) is 0 Å². The lowest BCUT2D eigenvalue weighted by atomic mass is 10.6. The van der Waals surface area contributed by atoms with Gasteiger partial charge >= 0.3 is 0 Å². The van der Waals surface area contributed by atoms with Gasteiger partial charge in [0.15, 0.2) is 0 Å². The zero-order chi connectivity index (χ0) is 9.11. The number of rotatable bonds is 4. The van der Waals surface area contributed by atoms with Gasteiger partial charge in [0.05, 0.1) is 0 Å². The molecule has 0 radical (unpaired) electrons. The van der Waals surface area contributed by atoms with E-state index < -0.39 is 0 Å². The van der Waals surface area contributed by atoms with Crippen LogP contribution in [0.4, 0.5) is 0 Å². The Morgan fingerprint density at radius 3 is 1.50 bits per heavy atom. The Morgan fingerprint density at radius 2 is 1.42 bits per heavy atom. The molecule has 0 aromatic rings. The summed E-state index contributed by atoms with van der Waals surface area (Å²) in [4.78, 5) is 0. The quantitative estimate of drug-likeness (QED) is 0.600. The van der Waals surface area contributed by atoms with Crippen LogP contribution < -0.4 is 5.43 Å². The van der Waals surface area contributed by atoms with Gasteiger partial charge in [-0.15, -0.1) is 0 Å². The predicted molar refractivity (Wildman–Crippen MR) is 53.0 cm³/mol. The molecule has 0 amide bonds. The number of aliphatic hydroxyl groups excluding tert-OH is 1. The summed E-state index contributed by atoms with van der Waals surface area (Å²) in [6.45, 7) is 11.5. The van der Waals surface area contributed by atoms with Gasteiger partial charge in [-0.05, 0) is 6.92 Å². The van der Waals surface area contributed by atoms with Crippen LogP contribution in [0.15, 0.2) is 0 Å². The number of hydrogen-bond donors (Lipinski definition) is 2. The standard InChI is InChI=1S/C6H16N2.C2H6O.H2O/c1-4-7-8(5-2)6-3;1-2-3;/h7H,4-6H2,1-3H3;3H,2H2,1H3;1H2. The molecule has 0 unspecified atom stereocenters. The zero-order valence-corrected chi connectivity index (χ0v) is 8.72. The monoisotopic (exact) mass is 180 g/mol. The first-order chi connectivity index (χ1) is 5.26. The van der Waals surface area contributed by atoms with E-state index in [0.717, 1.165) is 19.6 Å². The van der Waals surface area contributed by atoms with Crippen LogP contribution >= 0.6 is 0 Å². The van der Waals surface area contributed by atoms with Gasteiger partial charge < -0.3 is 10.6 Å². The fourth-order valence-corrected chi connectivity index (χ4v) is 0.671. The SMILES string of the molecule is CCNN(CC)CC.CCO.O. The molecule has 0 spiro atoms. The van der Waals surface area contributed by atoms with Crippen molar-refractivity contribution in [1.82, 2.24) is 10.4 Å². The maximum Gasteiger partial charge on any atom is 0.0402 e. The largest absolute Gasteiger partial charge is 0.412 e. The summed E-state index contributed by atoms with van der Waals surface area (Å²) < 4.78 is 0. The minimum absolute atomic E-state index is 0. The molecule has 0 saturated heterocycles. The molecule has 0 aliphatic rings. The van der Waals surface area contributed by atoms with Crippen molar-refractivity contribution in [3.63, 3.8) is 0 Å². The van der Waals surface area contributed by atoms with Crippen LogP contribution in [0, 0.1) is 0 Å². The van der Waals surface area contributed by atoms with Crippen molar-refractivity contribution < 1.29 is 10.6 Å². The Hall–Kier alpha value is -0.160. The van der Waals surface area contributed by atoms with Crippen LogP contribution in [-0.2, 0) is 0 Å². The fourth-order valence-electron chi connectivity index (χ4n) is 0.671. The first-order valence-corrected chi connectivity index (χ1v) is 4.35. The van der Waals surface area contributed by atoms with Gasteiger partial charge in [0, 0.05) is 26.2 Å². The van der Waals surface area contributed by atoms with E-state index in [0.29, 0.717) is 0 Å².